The van der Waals surface area contributed by atoms with E-state index in [2.05, 4.69) is 64.9 Å². The molecule has 0 aromatic heterocycles. The Morgan fingerprint density at radius 2 is 1.86 bits per heavy atom. The van der Waals surface area contributed by atoms with E-state index in [1.165, 1.54) is 43.2 Å². The summed E-state index contributed by atoms with van der Waals surface area (Å²) in [6, 6.07) is 19.9. The number of amides is 1. The van der Waals surface area contributed by atoms with Crippen molar-refractivity contribution in [2.75, 3.05) is 26.7 Å². The van der Waals surface area contributed by atoms with Crippen molar-refractivity contribution in [1.29, 1.82) is 0 Å². The highest BCUT2D eigenvalue weighted by atomic mass is 16.5. The molecule has 1 aliphatic carbocycles. The fourth-order valence-corrected chi connectivity index (χ4v) is 8.91. The van der Waals surface area contributed by atoms with E-state index in [1.54, 1.807) is 7.11 Å². The fourth-order valence-electron chi connectivity index (χ4n) is 8.91. The van der Waals surface area contributed by atoms with E-state index < -0.39 is 0 Å². The van der Waals surface area contributed by atoms with E-state index in [0.29, 0.717) is 29.6 Å². The SMILES string of the molecule is C=CCN1C2CCC1C13CCC1N(C(c1ccc(C(=O)N4CCCCC4)cc1)c1cccc(OC)c1)C23. The second kappa shape index (κ2) is 8.99. The van der Waals surface area contributed by atoms with Gasteiger partial charge in [-0.15, -0.1) is 6.58 Å². The first-order valence-corrected chi connectivity index (χ1v) is 14.3. The minimum Gasteiger partial charge on any atom is -0.497 e. The zero-order chi connectivity index (χ0) is 25.1. The largest absolute Gasteiger partial charge is 0.497 e. The monoisotopic (exact) mass is 497 g/mol. The smallest absolute Gasteiger partial charge is 0.253 e. The first kappa shape index (κ1) is 23.5. The first-order valence-electron chi connectivity index (χ1n) is 14.3. The maximum absolute atomic E-state index is 13.2. The van der Waals surface area contributed by atoms with Crippen LogP contribution in [0.2, 0.25) is 0 Å². The maximum Gasteiger partial charge on any atom is 0.253 e. The Morgan fingerprint density at radius 1 is 1.05 bits per heavy atom. The van der Waals surface area contributed by atoms with Crippen LogP contribution in [-0.2, 0) is 0 Å². The molecule has 6 atom stereocenters. The first-order chi connectivity index (χ1) is 18.2. The van der Waals surface area contributed by atoms with Gasteiger partial charge in [0.2, 0.25) is 0 Å². The van der Waals surface area contributed by atoms with Crippen LogP contribution in [-0.4, -0.2) is 71.5 Å². The maximum atomic E-state index is 13.2. The van der Waals surface area contributed by atoms with Gasteiger partial charge in [0.05, 0.1) is 13.2 Å². The summed E-state index contributed by atoms with van der Waals surface area (Å²) in [6.45, 7) is 6.85. The van der Waals surface area contributed by atoms with Crippen molar-refractivity contribution >= 4 is 5.91 Å². The van der Waals surface area contributed by atoms with Gasteiger partial charge in [0.25, 0.3) is 5.91 Å². The van der Waals surface area contributed by atoms with Crippen molar-refractivity contribution in [2.24, 2.45) is 5.41 Å². The summed E-state index contributed by atoms with van der Waals surface area (Å²) < 4.78 is 5.65. The molecule has 1 amide bonds. The number of carbonyl (C=O) groups is 1. The molecule has 1 spiro atoms. The van der Waals surface area contributed by atoms with Gasteiger partial charge in [-0.25, -0.2) is 0 Å². The van der Waals surface area contributed by atoms with Crippen LogP contribution in [0.25, 0.3) is 0 Å². The van der Waals surface area contributed by atoms with Crippen molar-refractivity contribution < 1.29 is 9.53 Å². The van der Waals surface area contributed by atoms with Crippen LogP contribution < -0.4 is 4.74 Å². The Bertz CT molecular complexity index is 1190. The Morgan fingerprint density at radius 3 is 2.57 bits per heavy atom. The van der Waals surface area contributed by atoms with Crippen LogP contribution in [0.1, 0.15) is 72.5 Å². The molecule has 4 saturated heterocycles. The number of likely N-dealkylation sites (tertiary alicyclic amines) is 2. The average Bonchev–Trinajstić information content (AvgIpc) is 3.45. The molecule has 5 nitrogen and oxygen atoms in total. The number of ether oxygens (including phenoxy) is 1. The number of methoxy groups -OCH3 is 1. The molecule has 2 aromatic carbocycles. The van der Waals surface area contributed by atoms with Crippen LogP contribution >= 0.6 is 0 Å². The van der Waals surface area contributed by atoms with Gasteiger partial charge in [0.1, 0.15) is 5.75 Å². The fraction of sp³-hybridized carbons (Fsp3) is 0.531. The van der Waals surface area contributed by atoms with Gasteiger partial charge >= 0.3 is 0 Å². The number of hydrogen-bond donors (Lipinski definition) is 0. The molecule has 4 aliphatic heterocycles. The summed E-state index contributed by atoms with van der Waals surface area (Å²) in [4.78, 5) is 20.8. The summed E-state index contributed by atoms with van der Waals surface area (Å²) in [5.74, 6) is 1.08. The highest BCUT2D eigenvalue weighted by Crippen LogP contribution is 2.71. The quantitative estimate of drug-likeness (QED) is 0.488. The number of rotatable bonds is 7. The number of nitrogens with zero attached hydrogens (tertiary/aromatic N) is 3. The van der Waals surface area contributed by atoms with Crippen molar-refractivity contribution in [3.63, 3.8) is 0 Å². The molecule has 0 N–H and O–H groups in total. The second-order valence-electron chi connectivity index (χ2n) is 11.9. The molecule has 2 aromatic rings. The van der Waals surface area contributed by atoms with Crippen LogP contribution in [0.4, 0.5) is 0 Å². The van der Waals surface area contributed by atoms with E-state index >= 15 is 0 Å². The van der Waals surface area contributed by atoms with Crippen LogP contribution in [0.3, 0.4) is 0 Å². The lowest BCUT2D eigenvalue weighted by Gasteiger charge is -2.73. The van der Waals surface area contributed by atoms with Gasteiger partial charge in [0.15, 0.2) is 0 Å². The van der Waals surface area contributed by atoms with Gasteiger partial charge in [-0.05, 0) is 80.3 Å². The minimum atomic E-state index is 0.169. The van der Waals surface area contributed by atoms with E-state index in [1.807, 2.05) is 11.0 Å². The predicted molar refractivity (Wildman–Crippen MR) is 146 cm³/mol. The topological polar surface area (TPSA) is 36.0 Å². The van der Waals surface area contributed by atoms with Gasteiger partial charge in [0, 0.05) is 54.8 Å². The second-order valence-corrected chi connectivity index (χ2v) is 11.9. The molecule has 5 heteroatoms. The summed E-state index contributed by atoms with van der Waals surface area (Å²) in [5.41, 5.74) is 3.84. The number of fused-ring (bicyclic) bond motifs is 3. The minimum absolute atomic E-state index is 0.169. The standard InChI is InChI=1S/C32H39N3O2/c1-3-18-34-26-14-15-27(34)32-17-16-28(32)35(30(26)32)29(24-8-7-9-25(21-24)37-2)22-10-12-23(13-11-22)31(36)33-19-5-4-6-20-33/h3,7-13,21,26-30H,1,4-6,14-20H2,2H3. The third-order valence-electron chi connectivity index (χ3n) is 10.4. The van der Waals surface area contributed by atoms with Crippen molar-refractivity contribution in [1.82, 2.24) is 14.7 Å². The molecule has 1 saturated carbocycles. The molecule has 5 fully saturated rings. The molecular weight excluding hydrogens is 458 g/mol. The summed E-state index contributed by atoms with van der Waals surface area (Å²) in [6.07, 6.45) is 10.9. The third kappa shape index (κ3) is 3.33. The van der Waals surface area contributed by atoms with Crippen LogP contribution in [0.5, 0.6) is 5.75 Å². The molecule has 4 heterocycles. The summed E-state index contributed by atoms with van der Waals surface area (Å²) >= 11 is 0. The van der Waals surface area contributed by atoms with E-state index in [-0.39, 0.29) is 11.9 Å². The molecule has 5 aliphatic rings. The van der Waals surface area contributed by atoms with E-state index in [4.69, 9.17) is 4.74 Å². The van der Waals surface area contributed by atoms with Crippen LogP contribution in [0, 0.1) is 5.41 Å². The molecule has 194 valence electrons. The molecule has 7 rings (SSSR count). The lowest BCUT2D eigenvalue weighted by Crippen LogP contribution is -2.80. The Kier molecular flexibility index (Phi) is 5.71. The van der Waals surface area contributed by atoms with Crippen molar-refractivity contribution in [3.8, 4) is 5.75 Å². The Hall–Kier alpha value is -2.63. The lowest BCUT2D eigenvalue weighted by molar-refractivity contribution is -0.222. The number of benzene rings is 2. The van der Waals surface area contributed by atoms with Crippen molar-refractivity contribution in [3.05, 3.63) is 77.9 Å². The normalized spacial score (nSPS) is 33.2. The number of carbonyl (C=O) groups excluding carboxylic acids is 1. The lowest BCUT2D eigenvalue weighted by atomic mass is 9.47. The van der Waals surface area contributed by atoms with E-state index in [9.17, 15) is 4.79 Å². The van der Waals surface area contributed by atoms with Gasteiger partial charge in [-0.2, -0.15) is 0 Å². The number of hydrogen-bond acceptors (Lipinski definition) is 4. The van der Waals surface area contributed by atoms with Crippen molar-refractivity contribution in [2.45, 2.75) is 75.2 Å². The zero-order valence-corrected chi connectivity index (χ0v) is 22.0. The Balaban J connectivity index is 1.24. The summed E-state index contributed by atoms with van der Waals surface area (Å²) in [5, 5.41) is 0. The van der Waals surface area contributed by atoms with Gasteiger partial charge < -0.3 is 9.64 Å². The molecule has 2 bridgehead atoms. The highest BCUT2D eigenvalue weighted by molar-refractivity contribution is 5.94. The highest BCUT2D eigenvalue weighted by Gasteiger charge is 2.78. The molecule has 37 heavy (non-hydrogen) atoms. The third-order valence-corrected chi connectivity index (χ3v) is 10.4. The van der Waals surface area contributed by atoms with Gasteiger partial charge in [-0.1, -0.05) is 30.3 Å². The molecule has 0 radical (unpaired) electrons. The molecule has 6 unspecified atom stereocenters. The zero-order valence-electron chi connectivity index (χ0n) is 22.0. The van der Waals surface area contributed by atoms with Crippen LogP contribution in [0.15, 0.2) is 61.2 Å². The summed E-state index contributed by atoms with van der Waals surface area (Å²) in [7, 11) is 1.75. The number of piperidine rings is 2. The van der Waals surface area contributed by atoms with Gasteiger partial charge in [-0.3, -0.25) is 14.6 Å². The van der Waals surface area contributed by atoms with E-state index in [0.717, 1.165) is 43.8 Å². The predicted octanol–water partition coefficient (Wildman–Crippen LogP) is 5.28. The average molecular weight is 498 g/mol. The molecular formula is C32H39N3O2. The Labute approximate surface area is 221 Å².